The summed E-state index contributed by atoms with van der Waals surface area (Å²) in [5.41, 5.74) is 0.942. The van der Waals surface area contributed by atoms with Crippen molar-refractivity contribution < 1.29 is 4.79 Å². The Labute approximate surface area is 150 Å². The second-order valence-electron chi connectivity index (χ2n) is 5.07. The lowest BCUT2D eigenvalue weighted by Gasteiger charge is -2.16. The van der Waals surface area contributed by atoms with Gasteiger partial charge in [-0.3, -0.25) is 4.79 Å². The molecule has 0 aliphatic carbocycles. The van der Waals surface area contributed by atoms with Crippen molar-refractivity contribution >= 4 is 35.1 Å². The molecule has 0 saturated carbocycles. The van der Waals surface area contributed by atoms with Gasteiger partial charge in [0.15, 0.2) is 0 Å². The molecule has 1 amide bonds. The van der Waals surface area contributed by atoms with Gasteiger partial charge in [-0.15, -0.1) is 11.8 Å². The number of aromatic nitrogens is 1. The first-order chi connectivity index (χ1) is 11.7. The van der Waals surface area contributed by atoms with E-state index in [4.69, 9.17) is 11.6 Å². The normalized spacial score (nSPS) is 11.7. The summed E-state index contributed by atoms with van der Waals surface area (Å²) in [5.74, 6) is 0.365. The van der Waals surface area contributed by atoms with Crippen LogP contribution in [-0.2, 0) is 4.79 Å². The zero-order valence-electron chi connectivity index (χ0n) is 12.7. The van der Waals surface area contributed by atoms with Crippen molar-refractivity contribution in [3.63, 3.8) is 0 Å². The standard InChI is InChI=1S/C19H15ClN2OS/c20-15-11-12-17(21-13-15)22-19(23)18(14-7-3-1-4-8-14)24-16-9-5-2-6-10-16/h1-13,18H,(H,21,22,23)/t18-/m0/s1. The third-order valence-corrected chi connectivity index (χ3v) is 4.81. The largest absolute Gasteiger partial charge is 0.309 e. The molecule has 1 heterocycles. The summed E-state index contributed by atoms with van der Waals surface area (Å²) >= 11 is 7.34. The Morgan fingerprint density at radius 1 is 0.958 bits per heavy atom. The number of nitrogens with zero attached hydrogens (tertiary/aromatic N) is 1. The molecular weight excluding hydrogens is 340 g/mol. The van der Waals surface area contributed by atoms with Crippen LogP contribution in [0.15, 0.2) is 83.9 Å². The number of hydrogen-bond donors (Lipinski definition) is 1. The minimum absolute atomic E-state index is 0.120. The van der Waals surface area contributed by atoms with E-state index in [1.54, 1.807) is 12.1 Å². The van der Waals surface area contributed by atoms with E-state index in [1.165, 1.54) is 18.0 Å². The minimum Gasteiger partial charge on any atom is -0.309 e. The Balaban J connectivity index is 1.83. The topological polar surface area (TPSA) is 42.0 Å². The van der Waals surface area contributed by atoms with Gasteiger partial charge in [0.1, 0.15) is 11.1 Å². The van der Waals surface area contributed by atoms with Crippen LogP contribution in [0.1, 0.15) is 10.8 Å². The lowest BCUT2D eigenvalue weighted by atomic mass is 10.1. The van der Waals surface area contributed by atoms with Gasteiger partial charge in [0.25, 0.3) is 0 Å². The molecule has 5 heteroatoms. The number of hydrogen-bond acceptors (Lipinski definition) is 3. The van der Waals surface area contributed by atoms with Crippen LogP contribution >= 0.6 is 23.4 Å². The predicted molar refractivity (Wildman–Crippen MR) is 99.4 cm³/mol. The van der Waals surface area contributed by atoms with Gasteiger partial charge < -0.3 is 5.32 Å². The molecule has 0 aliphatic rings. The molecule has 1 aromatic heterocycles. The Hall–Kier alpha value is -2.30. The molecule has 0 saturated heterocycles. The zero-order valence-corrected chi connectivity index (χ0v) is 14.3. The van der Waals surface area contributed by atoms with Crippen LogP contribution in [0.25, 0.3) is 0 Å². The monoisotopic (exact) mass is 354 g/mol. The van der Waals surface area contributed by atoms with Gasteiger partial charge in [-0.05, 0) is 29.8 Å². The number of amides is 1. The molecule has 0 bridgehead atoms. The van der Waals surface area contributed by atoms with E-state index < -0.39 is 0 Å². The number of rotatable bonds is 5. The van der Waals surface area contributed by atoms with Gasteiger partial charge in [-0.25, -0.2) is 4.98 Å². The summed E-state index contributed by atoms with van der Waals surface area (Å²) in [7, 11) is 0. The van der Waals surface area contributed by atoms with Crippen molar-refractivity contribution in [2.45, 2.75) is 10.1 Å². The van der Waals surface area contributed by atoms with Crippen molar-refractivity contribution in [2.75, 3.05) is 5.32 Å². The number of anilines is 1. The van der Waals surface area contributed by atoms with Crippen LogP contribution in [0.4, 0.5) is 5.82 Å². The van der Waals surface area contributed by atoms with Crippen molar-refractivity contribution in [1.29, 1.82) is 0 Å². The molecule has 120 valence electrons. The predicted octanol–water partition coefficient (Wildman–Crippen LogP) is 5.21. The van der Waals surface area contributed by atoms with Gasteiger partial charge in [0, 0.05) is 11.1 Å². The highest BCUT2D eigenvalue weighted by molar-refractivity contribution is 8.00. The number of pyridine rings is 1. The van der Waals surface area contributed by atoms with Crippen LogP contribution in [0.5, 0.6) is 0 Å². The maximum absolute atomic E-state index is 12.8. The second-order valence-corrected chi connectivity index (χ2v) is 6.69. The molecule has 24 heavy (non-hydrogen) atoms. The molecule has 3 aromatic rings. The lowest BCUT2D eigenvalue weighted by Crippen LogP contribution is -2.19. The summed E-state index contributed by atoms with van der Waals surface area (Å²) in [6.07, 6.45) is 1.51. The highest BCUT2D eigenvalue weighted by Crippen LogP contribution is 2.35. The fourth-order valence-electron chi connectivity index (χ4n) is 2.18. The molecule has 1 atom stereocenters. The first-order valence-electron chi connectivity index (χ1n) is 7.41. The average molecular weight is 355 g/mol. The van der Waals surface area contributed by atoms with E-state index in [-0.39, 0.29) is 11.2 Å². The zero-order chi connectivity index (χ0) is 16.8. The number of halogens is 1. The number of carbonyl (C=O) groups is 1. The summed E-state index contributed by atoms with van der Waals surface area (Å²) in [6, 6.07) is 23.0. The Morgan fingerprint density at radius 3 is 2.25 bits per heavy atom. The summed E-state index contributed by atoms with van der Waals surface area (Å²) < 4.78 is 0. The molecular formula is C19H15ClN2OS. The Bertz CT molecular complexity index is 795. The first kappa shape index (κ1) is 16.6. The van der Waals surface area contributed by atoms with Crippen molar-refractivity contribution in [2.24, 2.45) is 0 Å². The van der Waals surface area contributed by atoms with Gasteiger partial charge in [-0.2, -0.15) is 0 Å². The highest BCUT2D eigenvalue weighted by atomic mass is 35.5. The van der Waals surface area contributed by atoms with Crippen LogP contribution < -0.4 is 5.32 Å². The molecule has 0 aliphatic heterocycles. The average Bonchev–Trinajstić information content (AvgIpc) is 2.63. The molecule has 2 aromatic carbocycles. The molecule has 0 unspecified atom stereocenters. The lowest BCUT2D eigenvalue weighted by molar-refractivity contribution is -0.115. The summed E-state index contributed by atoms with van der Waals surface area (Å²) in [4.78, 5) is 18.0. The maximum atomic E-state index is 12.8. The minimum atomic E-state index is -0.369. The van der Waals surface area contributed by atoms with Crippen LogP contribution in [0.3, 0.4) is 0 Å². The van der Waals surface area contributed by atoms with E-state index in [0.717, 1.165) is 10.5 Å². The fourth-order valence-corrected chi connectivity index (χ4v) is 3.33. The van der Waals surface area contributed by atoms with E-state index in [0.29, 0.717) is 10.8 Å². The van der Waals surface area contributed by atoms with Gasteiger partial charge >= 0.3 is 0 Å². The fraction of sp³-hybridized carbons (Fsp3) is 0.0526. The van der Waals surface area contributed by atoms with Gasteiger partial charge in [-0.1, -0.05) is 60.1 Å². The molecule has 3 rings (SSSR count). The van der Waals surface area contributed by atoms with E-state index in [1.807, 2.05) is 60.7 Å². The second kappa shape index (κ2) is 7.99. The van der Waals surface area contributed by atoms with Crippen molar-refractivity contribution in [3.05, 3.63) is 89.6 Å². The Kier molecular flexibility index (Phi) is 5.51. The van der Waals surface area contributed by atoms with Gasteiger partial charge in [0.05, 0.1) is 5.02 Å². The Morgan fingerprint density at radius 2 is 1.62 bits per heavy atom. The van der Waals surface area contributed by atoms with E-state index >= 15 is 0 Å². The SMILES string of the molecule is O=C(Nc1ccc(Cl)cn1)[C@@H](Sc1ccccc1)c1ccccc1. The summed E-state index contributed by atoms with van der Waals surface area (Å²) in [6.45, 7) is 0. The molecule has 3 nitrogen and oxygen atoms in total. The molecule has 0 fully saturated rings. The first-order valence-corrected chi connectivity index (χ1v) is 8.67. The van der Waals surface area contributed by atoms with Crippen LogP contribution in [-0.4, -0.2) is 10.9 Å². The highest BCUT2D eigenvalue weighted by Gasteiger charge is 2.22. The maximum Gasteiger partial charge on any atom is 0.243 e. The van der Waals surface area contributed by atoms with Crippen LogP contribution in [0, 0.1) is 0 Å². The van der Waals surface area contributed by atoms with Crippen molar-refractivity contribution in [1.82, 2.24) is 4.98 Å². The number of thioether (sulfide) groups is 1. The quantitative estimate of drug-likeness (QED) is 0.640. The van der Waals surface area contributed by atoms with Gasteiger partial charge in [0.2, 0.25) is 5.91 Å². The molecule has 0 radical (unpaired) electrons. The molecule has 1 N–H and O–H groups in total. The molecule has 0 spiro atoms. The summed E-state index contributed by atoms with van der Waals surface area (Å²) in [5, 5.41) is 3.02. The van der Waals surface area contributed by atoms with E-state index in [9.17, 15) is 4.79 Å². The van der Waals surface area contributed by atoms with Crippen LogP contribution in [0.2, 0.25) is 5.02 Å². The smallest absolute Gasteiger partial charge is 0.243 e. The van der Waals surface area contributed by atoms with E-state index in [2.05, 4.69) is 10.3 Å². The third-order valence-electron chi connectivity index (χ3n) is 3.32. The third kappa shape index (κ3) is 4.37. The van der Waals surface area contributed by atoms with Crippen molar-refractivity contribution in [3.8, 4) is 0 Å². The number of carbonyl (C=O) groups excluding carboxylic acids is 1. The number of nitrogens with one attached hydrogen (secondary N) is 1. The number of benzene rings is 2.